The van der Waals surface area contributed by atoms with Crippen LogP contribution in [0.3, 0.4) is 0 Å². The SMILES string of the molecule is Fc1ccc(Nc2cc(OCCN3CCOCC3)ncn2)cc1Cl. The summed E-state index contributed by atoms with van der Waals surface area (Å²) in [6, 6.07) is 6.07. The van der Waals surface area contributed by atoms with Gasteiger partial charge in [0.15, 0.2) is 0 Å². The van der Waals surface area contributed by atoms with E-state index >= 15 is 0 Å². The molecule has 1 fully saturated rings. The van der Waals surface area contributed by atoms with Gasteiger partial charge in [-0.3, -0.25) is 4.90 Å². The lowest BCUT2D eigenvalue weighted by molar-refractivity contribution is 0.0320. The molecule has 1 N–H and O–H groups in total. The van der Waals surface area contributed by atoms with Crippen molar-refractivity contribution in [3.05, 3.63) is 41.4 Å². The fourth-order valence-electron chi connectivity index (χ4n) is 2.31. The van der Waals surface area contributed by atoms with Gasteiger partial charge in [-0.25, -0.2) is 14.4 Å². The van der Waals surface area contributed by atoms with Gasteiger partial charge >= 0.3 is 0 Å². The zero-order chi connectivity index (χ0) is 16.8. The minimum atomic E-state index is -0.461. The molecular weight excluding hydrogens is 335 g/mol. The Kier molecular flexibility index (Phi) is 5.79. The van der Waals surface area contributed by atoms with E-state index in [1.165, 1.54) is 18.5 Å². The zero-order valence-corrected chi connectivity index (χ0v) is 13.8. The van der Waals surface area contributed by atoms with Gasteiger partial charge in [0.25, 0.3) is 0 Å². The summed E-state index contributed by atoms with van der Waals surface area (Å²) < 4.78 is 24.2. The van der Waals surface area contributed by atoms with Crippen LogP contribution in [0, 0.1) is 5.82 Å². The Bertz CT molecular complexity index is 683. The number of halogens is 2. The Morgan fingerprint density at radius 1 is 1.25 bits per heavy atom. The van der Waals surface area contributed by atoms with E-state index in [4.69, 9.17) is 21.1 Å². The van der Waals surface area contributed by atoms with E-state index < -0.39 is 5.82 Å². The third-order valence-corrected chi connectivity index (χ3v) is 3.88. The third-order valence-electron chi connectivity index (χ3n) is 3.60. The maximum Gasteiger partial charge on any atom is 0.218 e. The number of morpholine rings is 1. The molecule has 1 aromatic carbocycles. The summed E-state index contributed by atoms with van der Waals surface area (Å²) >= 11 is 5.77. The molecule has 2 heterocycles. The Balaban J connectivity index is 1.54. The van der Waals surface area contributed by atoms with Gasteiger partial charge < -0.3 is 14.8 Å². The number of anilines is 2. The van der Waals surface area contributed by atoms with Gasteiger partial charge in [-0.2, -0.15) is 0 Å². The highest BCUT2D eigenvalue weighted by atomic mass is 35.5. The maximum absolute atomic E-state index is 13.2. The van der Waals surface area contributed by atoms with Crippen molar-refractivity contribution < 1.29 is 13.9 Å². The Morgan fingerprint density at radius 2 is 2.08 bits per heavy atom. The maximum atomic E-state index is 13.2. The van der Waals surface area contributed by atoms with E-state index in [2.05, 4.69) is 20.2 Å². The molecule has 0 spiro atoms. The van der Waals surface area contributed by atoms with E-state index in [1.807, 2.05) is 0 Å². The average molecular weight is 353 g/mol. The van der Waals surface area contributed by atoms with E-state index in [1.54, 1.807) is 12.1 Å². The molecule has 6 nitrogen and oxygen atoms in total. The summed E-state index contributed by atoms with van der Waals surface area (Å²) in [7, 11) is 0. The van der Waals surface area contributed by atoms with Crippen molar-refractivity contribution in [3.8, 4) is 5.88 Å². The van der Waals surface area contributed by atoms with Gasteiger partial charge in [-0.15, -0.1) is 0 Å². The van der Waals surface area contributed by atoms with Crippen molar-refractivity contribution in [1.82, 2.24) is 14.9 Å². The fraction of sp³-hybridized carbons (Fsp3) is 0.375. The van der Waals surface area contributed by atoms with Crippen molar-refractivity contribution in [2.45, 2.75) is 0 Å². The molecule has 2 aromatic rings. The lowest BCUT2D eigenvalue weighted by atomic mass is 10.3. The first kappa shape index (κ1) is 16.9. The summed E-state index contributed by atoms with van der Waals surface area (Å²) in [5.41, 5.74) is 0.638. The summed E-state index contributed by atoms with van der Waals surface area (Å²) in [6.07, 6.45) is 1.41. The Hall–Kier alpha value is -1.96. The van der Waals surface area contributed by atoms with E-state index in [9.17, 15) is 4.39 Å². The first-order valence-electron chi connectivity index (χ1n) is 7.68. The smallest absolute Gasteiger partial charge is 0.218 e. The molecule has 24 heavy (non-hydrogen) atoms. The highest BCUT2D eigenvalue weighted by Crippen LogP contribution is 2.22. The third kappa shape index (κ3) is 4.77. The Morgan fingerprint density at radius 3 is 2.88 bits per heavy atom. The first-order valence-corrected chi connectivity index (χ1v) is 8.05. The van der Waals surface area contributed by atoms with Crippen LogP contribution in [0.4, 0.5) is 15.9 Å². The first-order chi connectivity index (χ1) is 11.7. The molecule has 0 aliphatic carbocycles. The molecule has 128 valence electrons. The van der Waals surface area contributed by atoms with E-state index in [0.29, 0.717) is 24.0 Å². The summed E-state index contributed by atoms with van der Waals surface area (Å²) in [5.74, 6) is 0.569. The van der Waals surface area contributed by atoms with Gasteiger partial charge in [-0.05, 0) is 18.2 Å². The molecule has 3 rings (SSSR count). The van der Waals surface area contributed by atoms with Gasteiger partial charge in [0.1, 0.15) is 24.6 Å². The van der Waals surface area contributed by atoms with Crippen LogP contribution in [0.15, 0.2) is 30.6 Å². The molecule has 0 radical (unpaired) electrons. The van der Waals surface area contributed by atoms with Crippen LogP contribution in [0.25, 0.3) is 0 Å². The molecular formula is C16H18ClFN4O2. The van der Waals surface area contributed by atoms with Crippen LogP contribution in [-0.2, 0) is 4.74 Å². The monoisotopic (exact) mass is 352 g/mol. The molecule has 0 atom stereocenters. The molecule has 1 aliphatic rings. The van der Waals surface area contributed by atoms with Gasteiger partial charge in [0, 0.05) is 31.4 Å². The quantitative estimate of drug-likeness (QED) is 0.862. The second-order valence-corrected chi connectivity index (χ2v) is 5.71. The van der Waals surface area contributed by atoms with Crippen LogP contribution in [-0.4, -0.2) is 54.3 Å². The van der Waals surface area contributed by atoms with Crippen molar-refractivity contribution >= 4 is 23.1 Å². The minimum absolute atomic E-state index is 0.0519. The standard InChI is InChI=1S/C16H18ClFN4O2/c17-13-9-12(1-2-14(13)18)21-15-10-16(20-11-19-15)24-8-5-22-3-6-23-7-4-22/h1-2,9-11H,3-8H2,(H,19,20,21). The number of hydrogen-bond donors (Lipinski definition) is 1. The number of nitrogens with zero attached hydrogens (tertiary/aromatic N) is 3. The molecule has 1 saturated heterocycles. The molecule has 8 heteroatoms. The predicted octanol–water partition coefficient (Wildman–Crippen LogP) is 2.72. The largest absolute Gasteiger partial charge is 0.476 e. The van der Waals surface area contributed by atoms with Crippen LogP contribution < -0.4 is 10.1 Å². The number of rotatable bonds is 6. The number of benzene rings is 1. The van der Waals surface area contributed by atoms with Crippen molar-refractivity contribution in [3.63, 3.8) is 0 Å². The zero-order valence-electron chi connectivity index (χ0n) is 13.0. The van der Waals surface area contributed by atoms with E-state index in [0.717, 1.165) is 32.8 Å². The van der Waals surface area contributed by atoms with Gasteiger partial charge in [-0.1, -0.05) is 11.6 Å². The number of nitrogens with one attached hydrogen (secondary N) is 1. The minimum Gasteiger partial charge on any atom is -0.476 e. The highest BCUT2D eigenvalue weighted by molar-refractivity contribution is 6.31. The topological polar surface area (TPSA) is 59.5 Å². The summed E-state index contributed by atoms with van der Waals surface area (Å²) in [6.45, 7) is 4.74. The number of ether oxygens (including phenoxy) is 2. The molecule has 0 amide bonds. The lowest BCUT2D eigenvalue weighted by Crippen LogP contribution is -2.38. The van der Waals surface area contributed by atoms with E-state index in [-0.39, 0.29) is 5.02 Å². The van der Waals surface area contributed by atoms with Crippen molar-refractivity contribution in [2.75, 3.05) is 44.8 Å². The second-order valence-electron chi connectivity index (χ2n) is 5.30. The number of hydrogen-bond acceptors (Lipinski definition) is 6. The van der Waals surface area contributed by atoms with Gasteiger partial charge in [0.05, 0.1) is 18.2 Å². The lowest BCUT2D eigenvalue weighted by Gasteiger charge is -2.26. The van der Waals surface area contributed by atoms with Gasteiger partial charge in [0.2, 0.25) is 5.88 Å². The van der Waals surface area contributed by atoms with Crippen LogP contribution >= 0.6 is 11.6 Å². The molecule has 0 unspecified atom stereocenters. The molecule has 1 aliphatic heterocycles. The summed E-state index contributed by atoms with van der Waals surface area (Å²) in [5, 5.41) is 3.09. The number of aromatic nitrogens is 2. The van der Waals surface area contributed by atoms with Crippen LogP contribution in [0.1, 0.15) is 0 Å². The predicted molar refractivity (Wildman–Crippen MR) is 89.5 cm³/mol. The van der Waals surface area contributed by atoms with Crippen LogP contribution in [0.5, 0.6) is 5.88 Å². The van der Waals surface area contributed by atoms with Crippen molar-refractivity contribution in [1.29, 1.82) is 0 Å². The normalized spacial score (nSPS) is 15.2. The molecule has 0 saturated carbocycles. The Labute approximate surface area is 144 Å². The molecule has 0 bridgehead atoms. The summed E-state index contributed by atoms with van der Waals surface area (Å²) in [4.78, 5) is 10.5. The molecule has 1 aromatic heterocycles. The van der Waals surface area contributed by atoms with Crippen LogP contribution in [0.2, 0.25) is 5.02 Å². The fourth-order valence-corrected chi connectivity index (χ4v) is 2.49. The highest BCUT2D eigenvalue weighted by Gasteiger charge is 2.10. The van der Waals surface area contributed by atoms with Crippen molar-refractivity contribution in [2.24, 2.45) is 0 Å². The second kappa shape index (κ2) is 8.23. The average Bonchev–Trinajstić information content (AvgIpc) is 2.60.